The van der Waals surface area contributed by atoms with Gasteiger partial charge in [0.1, 0.15) is 5.75 Å². The van der Waals surface area contributed by atoms with Gasteiger partial charge in [-0.3, -0.25) is 4.90 Å². The Balaban J connectivity index is 1.57. The van der Waals surface area contributed by atoms with Gasteiger partial charge in [0.15, 0.2) is 0 Å². The molecule has 1 fully saturated rings. The fourth-order valence-corrected chi connectivity index (χ4v) is 5.28. The van der Waals surface area contributed by atoms with E-state index in [-0.39, 0.29) is 0 Å². The summed E-state index contributed by atoms with van der Waals surface area (Å²) >= 11 is 0. The van der Waals surface area contributed by atoms with Gasteiger partial charge in [-0.1, -0.05) is 72.8 Å². The van der Waals surface area contributed by atoms with Crippen molar-refractivity contribution in [3.63, 3.8) is 0 Å². The average molecular weight is 443 g/mol. The summed E-state index contributed by atoms with van der Waals surface area (Å²) in [6.45, 7) is 3.90. The van der Waals surface area contributed by atoms with E-state index in [1.54, 1.807) is 7.11 Å². The van der Waals surface area contributed by atoms with Gasteiger partial charge in [0.05, 0.1) is 7.11 Å². The van der Waals surface area contributed by atoms with Gasteiger partial charge < -0.3 is 10.5 Å². The maximum Gasteiger partial charge on any atom is 0.119 e. The molecule has 4 rings (SSSR count). The quantitative estimate of drug-likeness (QED) is 0.413. The second-order valence-corrected chi connectivity index (χ2v) is 9.54. The zero-order chi connectivity index (χ0) is 22.9. The molecule has 2 N–H and O–H groups in total. The Kier molecular flexibility index (Phi) is 8.57. The van der Waals surface area contributed by atoms with E-state index < -0.39 is 0 Å². The maximum absolute atomic E-state index is 5.95. The van der Waals surface area contributed by atoms with E-state index in [0.29, 0.717) is 5.92 Å². The van der Waals surface area contributed by atoms with Crippen molar-refractivity contribution in [3.05, 3.63) is 102 Å². The Bertz CT molecular complexity index is 912. The van der Waals surface area contributed by atoms with E-state index in [4.69, 9.17) is 10.5 Å². The van der Waals surface area contributed by atoms with Crippen LogP contribution >= 0.6 is 0 Å². The van der Waals surface area contributed by atoms with Crippen molar-refractivity contribution in [3.8, 4) is 5.75 Å². The molecule has 0 aliphatic heterocycles. The number of nitrogens with zero attached hydrogens (tertiary/aromatic N) is 1. The topological polar surface area (TPSA) is 38.5 Å². The number of methoxy groups -OCH3 is 1. The molecule has 1 aliphatic rings. The first-order valence-corrected chi connectivity index (χ1v) is 12.4. The highest BCUT2D eigenvalue weighted by Crippen LogP contribution is 2.31. The van der Waals surface area contributed by atoms with Crippen LogP contribution in [0.25, 0.3) is 0 Å². The first kappa shape index (κ1) is 23.5. The number of hydrogen-bond donors (Lipinski definition) is 1. The number of nitrogens with two attached hydrogens (primary N) is 1. The zero-order valence-electron chi connectivity index (χ0n) is 19.9. The Morgan fingerprint density at radius 3 is 2.00 bits per heavy atom. The summed E-state index contributed by atoms with van der Waals surface area (Å²) in [6.07, 6.45) is 5.12. The van der Waals surface area contributed by atoms with Crippen LogP contribution in [0.15, 0.2) is 84.9 Å². The van der Waals surface area contributed by atoms with Crippen LogP contribution in [0.5, 0.6) is 5.75 Å². The third-order valence-electron chi connectivity index (χ3n) is 7.20. The number of rotatable bonds is 10. The van der Waals surface area contributed by atoms with Gasteiger partial charge in [-0.05, 0) is 72.9 Å². The Labute approximate surface area is 199 Å². The minimum absolute atomic E-state index is 0.346. The summed E-state index contributed by atoms with van der Waals surface area (Å²) in [6, 6.07) is 30.5. The summed E-state index contributed by atoms with van der Waals surface area (Å²) in [5, 5.41) is 0. The molecule has 3 aromatic carbocycles. The lowest BCUT2D eigenvalue weighted by atomic mass is 9.81. The third-order valence-corrected chi connectivity index (χ3v) is 7.20. The highest BCUT2D eigenvalue weighted by atomic mass is 16.5. The molecule has 0 spiro atoms. The molecule has 174 valence electrons. The maximum atomic E-state index is 5.95. The molecule has 3 aromatic rings. The van der Waals surface area contributed by atoms with Crippen LogP contribution < -0.4 is 10.5 Å². The monoisotopic (exact) mass is 442 g/mol. The lowest BCUT2D eigenvalue weighted by Gasteiger charge is -2.34. The summed E-state index contributed by atoms with van der Waals surface area (Å²) in [4.78, 5) is 2.67. The highest BCUT2D eigenvalue weighted by Gasteiger charge is 2.25. The molecule has 0 heterocycles. The fraction of sp³-hybridized carbons (Fsp3) is 0.400. The van der Waals surface area contributed by atoms with Crippen molar-refractivity contribution >= 4 is 0 Å². The van der Waals surface area contributed by atoms with E-state index in [0.717, 1.165) is 43.8 Å². The van der Waals surface area contributed by atoms with Crippen LogP contribution in [0.3, 0.4) is 0 Å². The summed E-state index contributed by atoms with van der Waals surface area (Å²) < 4.78 is 5.50. The van der Waals surface area contributed by atoms with Gasteiger partial charge in [0.2, 0.25) is 0 Å². The lowest BCUT2D eigenvalue weighted by Crippen LogP contribution is -2.35. The molecule has 0 aromatic heterocycles. The molecule has 1 saturated carbocycles. The number of benzene rings is 3. The molecule has 3 nitrogen and oxygen atoms in total. The van der Waals surface area contributed by atoms with E-state index >= 15 is 0 Å². The van der Waals surface area contributed by atoms with Gasteiger partial charge in [-0.25, -0.2) is 0 Å². The van der Waals surface area contributed by atoms with Crippen LogP contribution in [0.2, 0.25) is 0 Å². The van der Waals surface area contributed by atoms with Gasteiger partial charge in [-0.15, -0.1) is 0 Å². The molecular weight excluding hydrogens is 404 g/mol. The van der Waals surface area contributed by atoms with Crippen LogP contribution in [0, 0.1) is 11.8 Å². The van der Waals surface area contributed by atoms with Crippen molar-refractivity contribution in [2.45, 2.75) is 38.1 Å². The van der Waals surface area contributed by atoms with Crippen molar-refractivity contribution < 1.29 is 4.74 Å². The minimum atomic E-state index is 0.346. The molecule has 3 heteroatoms. The van der Waals surface area contributed by atoms with Crippen LogP contribution in [0.4, 0.5) is 0 Å². The summed E-state index contributed by atoms with van der Waals surface area (Å²) in [7, 11) is 1.74. The predicted molar refractivity (Wildman–Crippen MR) is 138 cm³/mol. The molecular formula is C30H38N2O. The largest absolute Gasteiger partial charge is 0.497 e. The van der Waals surface area contributed by atoms with E-state index in [2.05, 4.69) is 83.8 Å². The lowest BCUT2D eigenvalue weighted by molar-refractivity contribution is 0.172. The number of hydrogen-bond acceptors (Lipinski definition) is 3. The molecule has 0 saturated heterocycles. The summed E-state index contributed by atoms with van der Waals surface area (Å²) in [5.41, 5.74) is 10.0. The van der Waals surface area contributed by atoms with Gasteiger partial charge >= 0.3 is 0 Å². The molecule has 0 radical (unpaired) electrons. The molecule has 0 atom stereocenters. The van der Waals surface area contributed by atoms with E-state index in [9.17, 15) is 0 Å². The second-order valence-electron chi connectivity index (χ2n) is 9.54. The van der Waals surface area contributed by atoms with Crippen molar-refractivity contribution in [2.24, 2.45) is 17.6 Å². The van der Waals surface area contributed by atoms with Crippen molar-refractivity contribution in [1.29, 1.82) is 0 Å². The average Bonchev–Trinajstić information content (AvgIpc) is 2.88. The molecule has 0 amide bonds. The second kappa shape index (κ2) is 12.0. The third kappa shape index (κ3) is 6.69. The smallest absolute Gasteiger partial charge is 0.119 e. The predicted octanol–water partition coefficient (Wildman–Crippen LogP) is 6.09. The zero-order valence-corrected chi connectivity index (χ0v) is 19.9. The van der Waals surface area contributed by atoms with Crippen LogP contribution in [-0.2, 0) is 6.54 Å². The van der Waals surface area contributed by atoms with Crippen LogP contribution in [0.1, 0.15) is 48.3 Å². The Hall–Kier alpha value is -2.62. The van der Waals surface area contributed by atoms with E-state index in [1.165, 1.54) is 42.4 Å². The minimum Gasteiger partial charge on any atom is -0.497 e. The van der Waals surface area contributed by atoms with E-state index in [1.807, 2.05) is 6.07 Å². The normalized spacial score (nSPS) is 18.5. The SMILES string of the molecule is COc1cccc(CN(CC2CCC(CN)CC2)CC(c2ccccc2)c2ccccc2)c1. The van der Waals surface area contributed by atoms with Gasteiger partial charge in [0, 0.05) is 25.6 Å². The Morgan fingerprint density at radius 2 is 1.42 bits per heavy atom. The molecule has 33 heavy (non-hydrogen) atoms. The Morgan fingerprint density at radius 1 is 0.818 bits per heavy atom. The van der Waals surface area contributed by atoms with Crippen molar-refractivity contribution in [1.82, 2.24) is 4.90 Å². The van der Waals surface area contributed by atoms with Crippen molar-refractivity contribution in [2.75, 3.05) is 26.7 Å². The summed E-state index contributed by atoms with van der Waals surface area (Å²) in [5.74, 6) is 2.73. The van der Waals surface area contributed by atoms with Gasteiger partial charge in [0.25, 0.3) is 0 Å². The molecule has 0 bridgehead atoms. The fourth-order valence-electron chi connectivity index (χ4n) is 5.28. The standard InChI is InChI=1S/C30H38N2O/c1-33-29-14-8-9-26(19-29)22-32(21-25-17-15-24(20-31)16-18-25)23-30(27-10-4-2-5-11-27)28-12-6-3-7-13-28/h2-14,19,24-25,30H,15-18,20-23,31H2,1H3. The number of ether oxygens (including phenoxy) is 1. The molecule has 1 aliphatic carbocycles. The molecule has 0 unspecified atom stereocenters. The first-order chi connectivity index (χ1) is 16.2. The van der Waals surface area contributed by atoms with Gasteiger partial charge in [-0.2, -0.15) is 0 Å². The first-order valence-electron chi connectivity index (χ1n) is 12.4. The van der Waals surface area contributed by atoms with Crippen LogP contribution in [-0.4, -0.2) is 31.6 Å². The highest BCUT2D eigenvalue weighted by molar-refractivity contribution is 5.33.